The molecule has 0 bridgehead atoms. The lowest BCUT2D eigenvalue weighted by molar-refractivity contribution is -0.129. The lowest BCUT2D eigenvalue weighted by Crippen LogP contribution is -2.57. The van der Waals surface area contributed by atoms with Gasteiger partial charge >= 0.3 is 0 Å². The molecular formula is C21H28N4O2. The number of amides is 2. The molecule has 3 N–H and O–H groups in total. The summed E-state index contributed by atoms with van der Waals surface area (Å²) in [4.78, 5) is 30.2. The zero-order chi connectivity index (χ0) is 18.8. The molecule has 0 radical (unpaired) electrons. The van der Waals surface area contributed by atoms with Gasteiger partial charge in [0.25, 0.3) is 0 Å². The monoisotopic (exact) mass is 368 g/mol. The summed E-state index contributed by atoms with van der Waals surface area (Å²) < 4.78 is 0. The Morgan fingerprint density at radius 1 is 1.22 bits per heavy atom. The number of rotatable bonds is 6. The number of para-hydroxylation sites is 1. The van der Waals surface area contributed by atoms with Gasteiger partial charge in [-0.25, -0.2) is 0 Å². The van der Waals surface area contributed by atoms with E-state index in [1.807, 2.05) is 30.5 Å². The first-order chi connectivity index (χ1) is 13.1. The van der Waals surface area contributed by atoms with E-state index in [2.05, 4.69) is 20.5 Å². The van der Waals surface area contributed by atoms with Gasteiger partial charge in [-0.3, -0.25) is 9.59 Å². The van der Waals surface area contributed by atoms with E-state index in [1.54, 1.807) is 0 Å². The Kier molecular flexibility index (Phi) is 5.16. The van der Waals surface area contributed by atoms with Crippen LogP contribution in [0.1, 0.15) is 38.2 Å². The maximum atomic E-state index is 12.8. The molecule has 2 aliphatic rings. The van der Waals surface area contributed by atoms with Crippen molar-refractivity contribution in [2.24, 2.45) is 0 Å². The summed E-state index contributed by atoms with van der Waals surface area (Å²) in [6, 6.07) is 8.31. The van der Waals surface area contributed by atoms with Crippen molar-refractivity contribution in [3.05, 3.63) is 36.0 Å². The molecule has 1 aromatic heterocycles. The smallest absolute Gasteiger partial charge is 0.243 e. The maximum absolute atomic E-state index is 12.8. The second-order valence-corrected chi connectivity index (χ2v) is 7.89. The zero-order valence-corrected chi connectivity index (χ0v) is 15.8. The van der Waals surface area contributed by atoms with Crippen molar-refractivity contribution in [3.63, 3.8) is 0 Å². The van der Waals surface area contributed by atoms with Gasteiger partial charge in [-0.2, -0.15) is 0 Å². The molecule has 4 rings (SSSR count). The lowest BCUT2D eigenvalue weighted by Gasteiger charge is -2.41. The van der Waals surface area contributed by atoms with Gasteiger partial charge in [-0.15, -0.1) is 0 Å². The maximum Gasteiger partial charge on any atom is 0.243 e. The van der Waals surface area contributed by atoms with E-state index in [9.17, 15) is 9.59 Å². The van der Waals surface area contributed by atoms with Crippen molar-refractivity contribution in [1.29, 1.82) is 0 Å². The SMILES string of the molecule is CC(=O)NC(Cc1c[nH]c2ccccc12)C(=O)NC1CC(N2CCCC2)C1. The number of fused-ring (bicyclic) bond motifs is 1. The minimum atomic E-state index is -0.549. The van der Waals surface area contributed by atoms with Crippen LogP contribution in [0.4, 0.5) is 0 Å². The van der Waals surface area contributed by atoms with Crippen LogP contribution in [0.25, 0.3) is 10.9 Å². The molecule has 2 amide bonds. The lowest BCUT2D eigenvalue weighted by atomic mass is 9.85. The van der Waals surface area contributed by atoms with Gasteiger partial charge in [0.2, 0.25) is 11.8 Å². The molecule has 1 atom stereocenters. The standard InChI is InChI=1S/C21H28N4O2/c1-14(26)23-20(10-15-13-22-19-7-3-2-6-18(15)19)21(27)24-16-11-17(12-16)25-8-4-5-9-25/h2-3,6-7,13,16-17,20,22H,4-5,8-12H2,1H3,(H,23,26)(H,24,27). The third-order valence-corrected chi connectivity index (χ3v) is 5.91. The summed E-state index contributed by atoms with van der Waals surface area (Å²) >= 11 is 0. The van der Waals surface area contributed by atoms with Crippen LogP contribution >= 0.6 is 0 Å². The summed E-state index contributed by atoms with van der Waals surface area (Å²) in [7, 11) is 0. The third-order valence-electron chi connectivity index (χ3n) is 5.91. The summed E-state index contributed by atoms with van der Waals surface area (Å²) in [5.74, 6) is -0.265. The van der Waals surface area contributed by atoms with E-state index in [4.69, 9.17) is 0 Å². The predicted molar refractivity (Wildman–Crippen MR) is 105 cm³/mol. The van der Waals surface area contributed by atoms with Crippen LogP contribution in [0.15, 0.2) is 30.5 Å². The molecule has 2 fully saturated rings. The molecule has 0 spiro atoms. The second kappa shape index (κ2) is 7.72. The first-order valence-electron chi connectivity index (χ1n) is 9.96. The van der Waals surface area contributed by atoms with Crippen LogP contribution in [-0.2, 0) is 16.0 Å². The number of carbonyl (C=O) groups excluding carboxylic acids is 2. The van der Waals surface area contributed by atoms with E-state index in [-0.39, 0.29) is 17.9 Å². The van der Waals surface area contributed by atoms with E-state index in [0.29, 0.717) is 12.5 Å². The molecule has 1 aromatic carbocycles. The minimum Gasteiger partial charge on any atom is -0.361 e. The van der Waals surface area contributed by atoms with Crippen molar-refractivity contribution in [2.45, 2.75) is 57.2 Å². The molecular weight excluding hydrogens is 340 g/mol. The number of hydrogen-bond acceptors (Lipinski definition) is 3. The number of nitrogens with one attached hydrogen (secondary N) is 3. The van der Waals surface area contributed by atoms with Crippen LogP contribution in [0.3, 0.4) is 0 Å². The first kappa shape index (κ1) is 18.0. The highest BCUT2D eigenvalue weighted by atomic mass is 16.2. The molecule has 6 heteroatoms. The van der Waals surface area contributed by atoms with Gasteiger partial charge in [-0.1, -0.05) is 18.2 Å². The van der Waals surface area contributed by atoms with Crippen LogP contribution in [0.2, 0.25) is 0 Å². The van der Waals surface area contributed by atoms with Crippen LogP contribution < -0.4 is 10.6 Å². The number of carbonyl (C=O) groups is 2. The molecule has 1 unspecified atom stereocenters. The Bertz CT molecular complexity index is 818. The average molecular weight is 368 g/mol. The summed E-state index contributed by atoms with van der Waals surface area (Å²) in [6.45, 7) is 3.85. The number of aromatic nitrogens is 1. The summed E-state index contributed by atoms with van der Waals surface area (Å²) in [5, 5.41) is 7.07. The number of likely N-dealkylation sites (tertiary alicyclic amines) is 1. The second-order valence-electron chi connectivity index (χ2n) is 7.89. The molecule has 144 valence electrons. The zero-order valence-electron chi connectivity index (χ0n) is 15.8. The summed E-state index contributed by atoms with van der Waals surface area (Å²) in [5.41, 5.74) is 2.09. The fourth-order valence-electron chi connectivity index (χ4n) is 4.39. The molecule has 1 aliphatic carbocycles. The van der Waals surface area contributed by atoms with Gasteiger partial charge < -0.3 is 20.5 Å². The largest absolute Gasteiger partial charge is 0.361 e. The predicted octanol–water partition coefficient (Wildman–Crippen LogP) is 1.96. The Hall–Kier alpha value is -2.34. The molecule has 1 saturated heterocycles. The number of aromatic amines is 1. The molecule has 6 nitrogen and oxygen atoms in total. The third kappa shape index (κ3) is 4.00. The molecule has 2 heterocycles. The van der Waals surface area contributed by atoms with Gasteiger partial charge in [0.15, 0.2) is 0 Å². The number of hydrogen-bond donors (Lipinski definition) is 3. The molecule has 1 saturated carbocycles. The number of benzene rings is 1. The highest BCUT2D eigenvalue weighted by Crippen LogP contribution is 2.28. The Labute approximate surface area is 159 Å². The fourth-order valence-corrected chi connectivity index (χ4v) is 4.39. The van der Waals surface area contributed by atoms with Crippen molar-refractivity contribution in [1.82, 2.24) is 20.5 Å². The highest BCUT2D eigenvalue weighted by molar-refractivity contribution is 5.89. The minimum absolute atomic E-state index is 0.0830. The van der Waals surface area contributed by atoms with Crippen LogP contribution in [0.5, 0.6) is 0 Å². The van der Waals surface area contributed by atoms with E-state index in [1.165, 1.54) is 32.9 Å². The first-order valence-corrected chi connectivity index (χ1v) is 9.96. The van der Waals surface area contributed by atoms with E-state index in [0.717, 1.165) is 29.3 Å². The normalized spacial score (nSPS) is 23.7. The van der Waals surface area contributed by atoms with Crippen molar-refractivity contribution >= 4 is 22.7 Å². The van der Waals surface area contributed by atoms with Crippen molar-refractivity contribution in [3.8, 4) is 0 Å². The quantitative estimate of drug-likeness (QED) is 0.729. The van der Waals surface area contributed by atoms with Gasteiger partial charge in [0.05, 0.1) is 0 Å². The fraction of sp³-hybridized carbons (Fsp3) is 0.524. The van der Waals surface area contributed by atoms with Gasteiger partial charge in [0, 0.05) is 42.5 Å². The Morgan fingerprint density at radius 2 is 1.96 bits per heavy atom. The Balaban J connectivity index is 1.38. The molecule has 2 aromatic rings. The van der Waals surface area contributed by atoms with Crippen LogP contribution in [0, 0.1) is 0 Å². The average Bonchev–Trinajstić information content (AvgIpc) is 3.27. The number of H-pyrrole nitrogens is 1. The van der Waals surface area contributed by atoms with Crippen molar-refractivity contribution < 1.29 is 9.59 Å². The highest BCUT2D eigenvalue weighted by Gasteiger charge is 2.36. The topological polar surface area (TPSA) is 77.2 Å². The summed E-state index contributed by atoms with van der Waals surface area (Å²) in [6.07, 6.45) is 7.04. The molecule has 1 aliphatic heterocycles. The number of nitrogens with zero attached hydrogens (tertiary/aromatic N) is 1. The Morgan fingerprint density at radius 3 is 2.70 bits per heavy atom. The molecule has 27 heavy (non-hydrogen) atoms. The van der Waals surface area contributed by atoms with Crippen LogP contribution in [-0.4, -0.2) is 52.9 Å². The van der Waals surface area contributed by atoms with Crippen molar-refractivity contribution in [2.75, 3.05) is 13.1 Å². The van der Waals surface area contributed by atoms with Gasteiger partial charge in [-0.05, 0) is 50.4 Å². The van der Waals surface area contributed by atoms with Gasteiger partial charge in [0.1, 0.15) is 6.04 Å². The van der Waals surface area contributed by atoms with E-state index < -0.39 is 6.04 Å². The van der Waals surface area contributed by atoms with E-state index >= 15 is 0 Å².